The van der Waals surface area contributed by atoms with Gasteiger partial charge in [-0.15, -0.1) is 0 Å². The molecule has 0 aliphatic carbocycles. The molecule has 4 nitrogen and oxygen atoms in total. The number of hydrogen-bond donors (Lipinski definition) is 1. The smallest absolute Gasteiger partial charge is 0.224 e. The van der Waals surface area contributed by atoms with E-state index in [9.17, 15) is 4.79 Å². The summed E-state index contributed by atoms with van der Waals surface area (Å²) in [4.78, 5) is 13.4. The Labute approximate surface area is 79.0 Å². The van der Waals surface area contributed by atoms with Gasteiger partial charge in [0.1, 0.15) is 0 Å². The van der Waals surface area contributed by atoms with Gasteiger partial charge in [-0.3, -0.25) is 4.79 Å². The molecule has 0 aromatic carbocycles. The largest absolute Gasteiger partial charge is 0.378 e. The monoisotopic (exact) mass is 186 g/mol. The number of amides is 1. The van der Waals surface area contributed by atoms with Crippen LogP contribution in [0.15, 0.2) is 0 Å². The first-order valence-corrected chi connectivity index (χ1v) is 4.63. The number of ether oxygens (including phenoxy) is 1. The molecule has 1 heterocycles. The van der Waals surface area contributed by atoms with Gasteiger partial charge in [-0.2, -0.15) is 0 Å². The van der Waals surface area contributed by atoms with Gasteiger partial charge in [-0.05, 0) is 13.8 Å². The van der Waals surface area contributed by atoms with Crippen molar-refractivity contribution < 1.29 is 9.53 Å². The van der Waals surface area contributed by atoms with Crippen LogP contribution in [0.25, 0.3) is 0 Å². The summed E-state index contributed by atoms with van der Waals surface area (Å²) in [5.74, 6) is 0.135. The normalized spacial score (nSPS) is 18.8. The van der Waals surface area contributed by atoms with Crippen molar-refractivity contribution in [1.29, 1.82) is 0 Å². The minimum Gasteiger partial charge on any atom is -0.378 e. The van der Waals surface area contributed by atoms with Gasteiger partial charge in [0.05, 0.1) is 13.2 Å². The van der Waals surface area contributed by atoms with Crippen molar-refractivity contribution in [1.82, 2.24) is 4.90 Å². The van der Waals surface area contributed by atoms with Crippen molar-refractivity contribution in [2.75, 3.05) is 26.3 Å². The van der Waals surface area contributed by atoms with Crippen LogP contribution in [0.1, 0.15) is 20.3 Å². The van der Waals surface area contributed by atoms with Crippen molar-refractivity contribution in [3.63, 3.8) is 0 Å². The first-order chi connectivity index (χ1) is 5.99. The fraction of sp³-hybridized carbons (Fsp3) is 0.889. The Balaban J connectivity index is 2.38. The number of carbonyl (C=O) groups excluding carboxylic acids is 1. The summed E-state index contributed by atoms with van der Waals surface area (Å²) in [7, 11) is 0. The van der Waals surface area contributed by atoms with Gasteiger partial charge >= 0.3 is 0 Å². The Kier molecular flexibility index (Phi) is 3.27. The first kappa shape index (κ1) is 10.5. The van der Waals surface area contributed by atoms with Crippen molar-refractivity contribution in [2.24, 2.45) is 5.73 Å². The third-order valence-electron chi connectivity index (χ3n) is 1.97. The molecule has 0 unspecified atom stereocenters. The minimum absolute atomic E-state index is 0.135. The molecule has 1 aliphatic heterocycles. The van der Waals surface area contributed by atoms with Crippen LogP contribution in [-0.4, -0.2) is 42.6 Å². The summed E-state index contributed by atoms with van der Waals surface area (Å²) in [5.41, 5.74) is 5.36. The van der Waals surface area contributed by atoms with E-state index in [-0.39, 0.29) is 5.91 Å². The van der Waals surface area contributed by atoms with E-state index >= 15 is 0 Å². The van der Waals surface area contributed by atoms with Gasteiger partial charge in [-0.25, -0.2) is 0 Å². The molecule has 4 heteroatoms. The second kappa shape index (κ2) is 4.07. The van der Waals surface area contributed by atoms with Gasteiger partial charge in [0.25, 0.3) is 0 Å². The molecule has 0 aromatic rings. The van der Waals surface area contributed by atoms with Gasteiger partial charge in [0.2, 0.25) is 5.91 Å². The lowest BCUT2D eigenvalue weighted by molar-refractivity contribution is -0.136. The van der Waals surface area contributed by atoms with E-state index in [4.69, 9.17) is 10.5 Å². The third kappa shape index (κ3) is 3.74. The topological polar surface area (TPSA) is 55.6 Å². The van der Waals surface area contributed by atoms with Crippen LogP contribution in [0.2, 0.25) is 0 Å². The van der Waals surface area contributed by atoms with Crippen LogP contribution in [0.4, 0.5) is 0 Å². The maximum atomic E-state index is 11.6. The van der Waals surface area contributed by atoms with E-state index in [1.54, 1.807) is 0 Å². The molecule has 0 atom stereocenters. The highest BCUT2D eigenvalue weighted by molar-refractivity contribution is 5.77. The number of morpholine rings is 1. The SMILES string of the molecule is CC(C)(N)CC(=O)N1CCOCC1. The number of nitrogens with zero attached hydrogens (tertiary/aromatic N) is 1. The molecule has 1 saturated heterocycles. The first-order valence-electron chi connectivity index (χ1n) is 4.63. The van der Waals surface area contributed by atoms with Gasteiger partial charge in [0.15, 0.2) is 0 Å². The molecular formula is C9H18N2O2. The van der Waals surface area contributed by atoms with Crippen LogP contribution >= 0.6 is 0 Å². The van der Waals surface area contributed by atoms with Crippen LogP contribution in [0.3, 0.4) is 0 Å². The van der Waals surface area contributed by atoms with E-state index in [1.807, 2.05) is 18.7 Å². The summed E-state index contributed by atoms with van der Waals surface area (Å²) in [5, 5.41) is 0. The number of rotatable bonds is 2. The van der Waals surface area contributed by atoms with Gasteiger partial charge < -0.3 is 15.4 Å². The van der Waals surface area contributed by atoms with Crippen molar-refractivity contribution in [3.05, 3.63) is 0 Å². The lowest BCUT2D eigenvalue weighted by Gasteiger charge is -2.29. The zero-order valence-electron chi connectivity index (χ0n) is 8.38. The van der Waals surface area contributed by atoms with E-state index in [2.05, 4.69) is 0 Å². The maximum Gasteiger partial charge on any atom is 0.224 e. The Morgan fingerprint density at radius 3 is 2.46 bits per heavy atom. The summed E-state index contributed by atoms with van der Waals surface area (Å²) in [6, 6.07) is 0. The molecule has 1 rings (SSSR count). The van der Waals surface area contributed by atoms with Crippen LogP contribution in [0.5, 0.6) is 0 Å². The standard InChI is InChI=1S/C9H18N2O2/c1-9(2,10)7-8(12)11-3-5-13-6-4-11/h3-7,10H2,1-2H3. The summed E-state index contributed by atoms with van der Waals surface area (Å²) in [6.45, 7) is 6.44. The molecule has 0 aromatic heterocycles. The molecule has 2 N–H and O–H groups in total. The maximum absolute atomic E-state index is 11.6. The fourth-order valence-corrected chi connectivity index (χ4v) is 1.31. The third-order valence-corrected chi connectivity index (χ3v) is 1.97. The van der Waals surface area contributed by atoms with Crippen LogP contribution in [0, 0.1) is 0 Å². The molecule has 0 saturated carbocycles. The van der Waals surface area contributed by atoms with E-state index in [0.717, 1.165) is 0 Å². The Morgan fingerprint density at radius 1 is 1.46 bits per heavy atom. The lowest BCUT2D eigenvalue weighted by Crippen LogP contribution is -2.45. The zero-order chi connectivity index (χ0) is 9.90. The Morgan fingerprint density at radius 2 is 2.00 bits per heavy atom. The number of hydrogen-bond acceptors (Lipinski definition) is 3. The minimum atomic E-state index is -0.407. The average Bonchev–Trinajstić information content (AvgIpc) is 2.03. The second-order valence-electron chi connectivity index (χ2n) is 4.16. The van der Waals surface area contributed by atoms with E-state index in [1.165, 1.54) is 0 Å². The van der Waals surface area contributed by atoms with E-state index < -0.39 is 5.54 Å². The number of carbonyl (C=O) groups is 1. The summed E-state index contributed by atoms with van der Waals surface area (Å²) >= 11 is 0. The zero-order valence-corrected chi connectivity index (χ0v) is 8.38. The second-order valence-corrected chi connectivity index (χ2v) is 4.16. The van der Waals surface area contributed by atoms with Crippen molar-refractivity contribution in [2.45, 2.75) is 25.8 Å². The molecule has 1 fully saturated rings. The molecular weight excluding hydrogens is 168 g/mol. The molecule has 13 heavy (non-hydrogen) atoms. The molecule has 76 valence electrons. The van der Waals surface area contributed by atoms with E-state index in [0.29, 0.717) is 32.7 Å². The molecule has 0 spiro atoms. The summed E-state index contributed by atoms with van der Waals surface area (Å²) < 4.78 is 5.15. The predicted molar refractivity (Wildman–Crippen MR) is 50.3 cm³/mol. The Bertz CT molecular complexity index is 181. The highest BCUT2D eigenvalue weighted by Gasteiger charge is 2.22. The lowest BCUT2D eigenvalue weighted by atomic mass is 10.0. The Hall–Kier alpha value is -0.610. The molecule has 1 aliphatic rings. The predicted octanol–water partition coefficient (Wildman–Crippen LogP) is -0.0274. The van der Waals surface area contributed by atoms with Gasteiger partial charge in [-0.1, -0.05) is 0 Å². The van der Waals surface area contributed by atoms with Crippen molar-refractivity contribution in [3.8, 4) is 0 Å². The highest BCUT2D eigenvalue weighted by Crippen LogP contribution is 2.08. The quantitative estimate of drug-likeness (QED) is 0.659. The molecule has 0 radical (unpaired) electrons. The van der Waals surface area contributed by atoms with Gasteiger partial charge in [0, 0.05) is 25.0 Å². The number of nitrogens with two attached hydrogens (primary N) is 1. The van der Waals surface area contributed by atoms with Crippen molar-refractivity contribution >= 4 is 5.91 Å². The molecule has 0 bridgehead atoms. The highest BCUT2D eigenvalue weighted by atomic mass is 16.5. The molecule has 1 amide bonds. The summed E-state index contributed by atoms with van der Waals surface area (Å²) in [6.07, 6.45) is 0.410. The average molecular weight is 186 g/mol. The van der Waals surface area contributed by atoms with Crippen LogP contribution < -0.4 is 5.73 Å². The van der Waals surface area contributed by atoms with Crippen LogP contribution in [-0.2, 0) is 9.53 Å². The fourth-order valence-electron chi connectivity index (χ4n) is 1.31.